The van der Waals surface area contributed by atoms with Crippen LogP contribution in [0.3, 0.4) is 0 Å². The Morgan fingerprint density at radius 2 is 2.18 bits per heavy atom. The lowest BCUT2D eigenvalue weighted by molar-refractivity contribution is -0.274. The van der Waals surface area contributed by atoms with Crippen LogP contribution in [0, 0.1) is 0 Å². The molecule has 8 heteroatoms. The highest BCUT2D eigenvalue weighted by molar-refractivity contribution is 6.36. The van der Waals surface area contributed by atoms with Crippen molar-refractivity contribution in [2.75, 3.05) is 19.8 Å². The molecule has 0 saturated carbocycles. The minimum atomic E-state index is -4.75. The van der Waals surface area contributed by atoms with E-state index in [-0.39, 0.29) is 11.8 Å². The first kappa shape index (κ1) is 15.3. The van der Waals surface area contributed by atoms with Gasteiger partial charge in [-0.25, -0.2) is 0 Å². The Morgan fingerprint density at radius 3 is 2.86 bits per heavy atom. The Bertz CT molecular complexity index is 688. The van der Waals surface area contributed by atoms with Gasteiger partial charge < -0.3 is 14.8 Å². The Morgan fingerprint density at radius 1 is 1.36 bits per heavy atom. The van der Waals surface area contributed by atoms with Crippen LogP contribution in [0.15, 0.2) is 24.4 Å². The Kier molecular flexibility index (Phi) is 4.12. The second kappa shape index (κ2) is 5.91. The molecule has 1 aromatic heterocycles. The molecule has 1 atom stereocenters. The molecule has 0 radical (unpaired) electrons. The van der Waals surface area contributed by atoms with Crippen LogP contribution in [0.2, 0.25) is 5.02 Å². The highest BCUT2D eigenvalue weighted by Crippen LogP contribution is 2.33. The quantitative estimate of drug-likeness (QED) is 0.915. The molecule has 22 heavy (non-hydrogen) atoms. The lowest BCUT2D eigenvalue weighted by Gasteiger charge is -2.25. The number of nitrogens with zero attached hydrogens (tertiary/aromatic N) is 1. The van der Waals surface area contributed by atoms with Crippen LogP contribution in [0.1, 0.15) is 11.6 Å². The lowest BCUT2D eigenvalue weighted by atomic mass is 10.1. The van der Waals surface area contributed by atoms with Crippen LogP contribution in [0.25, 0.3) is 10.9 Å². The normalized spacial score (nSPS) is 19.4. The molecule has 0 aliphatic carbocycles. The number of hydrogen-bond acceptors (Lipinski definition) is 4. The summed E-state index contributed by atoms with van der Waals surface area (Å²) < 4.78 is 46.2. The van der Waals surface area contributed by atoms with Crippen molar-refractivity contribution in [2.24, 2.45) is 0 Å². The van der Waals surface area contributed by atoms with Crippen molar-refractivity contribution in [3.05, 3.63) is 35.0 Å². The van der Waals surface area contributed by atoms with Gasteiger partial charge in [0.2, 0.25) is 0 Å². The summed E-state index contributed by atoms with van der Waals surface area (Å²) in [5, 5.41) is 3.99. The van der Waals surface area contributed by atoms with E-state index in [1.807, 2.05) is 0 Å². The van der Waals surface area contributed by atoms with E-state index in [1.165, 1.54) is 18.2 Å². The standard InChI is InChI=1S/C14H12ClF3N2O2/c15-13-9-5-8(22-14(16,17)18)1-2-11(9)20-6-10(13)12-7-21-4-3-19-12/h1-2,5-6,12,19H,3-4,7H2. The second-order valence-electron chi connectivity index (χ2n) is 4.84. The summed E-state index contributed by atoms with van der Waals surface area (Å²) >= 11 is 6.35. The Labute approximate surface area is 129 Å². The van der Waals surface area contributed by atoms with Gasteiger partial charge in [-0.05, 0) is 18.2 Å². The van der Waals surface area contributed by atoms with Crippen molar-refractivity contribution in [1.29, 1.82) is 0 Å². The molecule has 1 aliphatic heterocycles. The number of aromatic nitrogens is 1. The number of pyridine rings is 1. The maximum absolute atomic E-state index is 12.3. The third-order valence-corrected chi connectivity index (χ3v) is 3.75. The first-order valence-corrected chi connectivity index (χ1v) is 6.97. The van der Waals surface area contributed by atoms with Gasteiger partial charge in [0.15, 0.2) is 0 Å². The highest BCUT2D eigenvalue weighted by Gasteiger charge is 2.31. The fraction of sp³-hybridized carbons (Fsp3) is 0.357. The first-order chi connectivity index (χ1) is 10.4. The maximum atomic E-state index is 12.3. The van der Waals surface area contributed by atoms with Gasteiger partial charge in [-0.15, -0.1) is 13.2 Å². The summed E-state index contributed by atoms with van der Waals surface area (Å²) in [7, 11) is 0. The summed E-state index contributed by atoms with van der Waals surface area (Å²) in [4.78, 5) is 4.24. The van der Waals surface area contributed by atoms with Gasteiger partial charge in [0.1, 0.15) is 5.75 Å². The van der Waals surface area contributed by atoms with Crippen molar-refractivity contribution in [1.82, 2.24) is 10.3 Å². The summed E-state index contributed by atoms with van der Waals surface area (Å²) in [6.45, 7) is 1.72. The topological polar surface area (TPSA) is 43.4 Å². The minimum Gasteiger partial charge on any atom is -0.406 e. The molecule has 2 heterocycles. The third-order valence-electron chi connectivity index (χ3n) is 3.33. The van der Waals surface area contributed by atoms with E-state index >= 15 is 0 Å². The zero-order valence-electron chi connectivity index (χ0n) is 11.3. The molecule has 0 spiro atoms. The van der Waals surface area contributed by atoms with Crippen LogP contribution < -0.4 is 10.1 Å². The molecule has 0 amide bonds. The predicted octanol–water partition coefficient (Wildman–Crippen LogP) is 3.45. The van der Waals surface area contributed by atoms with Gasteiger partial charge in [-0.1, -0.05) is 11.6 Å². The molecule has 2 aromatic rings. The maximum Gasteiger partial charge on any atom is 0.573 e. The average molecular weight is 333 g/mol. The SMILES string of the molecule is FC(F)(F)Oc1ccc2ncc(C3COCCN3)c(Cl)c2c1. The van der Waals surface area contributed by atoms with Crippen LogP contribution >= 0.6 is 11.6 Å². The smallest absolute Gasteiger partial charge is 0.406 e. The largest absolute Gasteiger partial charge is 0.573 e. The molecule has 1 unspecified atom stereocenters. The van der Waals surface area contributed by atoms with Gasteiger partial charge >= 0.3 is 6.36 Å². The van der Waals surface area contributed by atoms with Gasteiger partial charge in [0.25, 0.3) is 0 Å². The van der Waals surface area contributed by atoms with Crippen LogP contribution in [0.4, 0.5) is 13.2 Å². The van der Waals surface area contributed by atoms with Crippen molar-refractivity contribution in [3.8, 4) is 5.75 Å². The van der Waals surface area contributed by atoms with Crippen molar-refractivity contribution in [2.45, 2.75) is 12.4 Å². The zero-order chi connectivity index (χ0) is 15.7. The van der Waals surface area contributed by atoms with Crippen LogP contribution in [0.5, 0.6) is 5.75 Å². The predicted molar refractivity (Wildman–Crippen MR) is 75.0 cm³/mol. The van der Waals surface area contributed by atoms with E-state index in [1.54, 1.807) is 6.20 Å². The molecular weight excluding hydrogens is 321 g/mol. The zero-order valence-corrected chi connectivity index (χ0v) is 12.0. The molecule has 1 aliphatic rings. The molecule has 118 valence electrons. The summed E-state index contributed by atoms with van der Waals surface area (Å²) in [6, 6.07) is 3.76. The number of nitrogens with one attached hydrogen (secondary N) is 1. The number of morpholine rings is 1. The van der Waals surface area contributed by atoms with Crippen molar-refractivity contribution in [3.63, 3.8) is 0 Å². The van der Waals surface area contributed by atoms with E-state index in [0.29, 0.717) is 41.2 Å². The molecule has 1 saturated heterocycles. The van der Waals surface area contributed by atoms with Crippen LogP contribution in [-0.4, -0.2) is 31.1 Å². The molecule has 4 nitrogen and oxygen atoms in total. The van der Waals surface area contributed by atoms with E-state index in [9.17, 15) is 13.2 Å². The molecule has 3 rings (SSSR count). The van der Waals surface area contributed by atoms with E-state index < -0.39 is 6.36 Å². The first-order valence-electron chi connectivity index (χ1n) is 6.59. The average Bonchev–Trinajstić information content (AvgIpc) is 2.47. The number of ether oxygens (including phenoxy) is 2. The summed E-state index contributed by atoms with van der Waals surface area (Å²) in [6.07, 6.45) is -3.13. The summed E-state index contributed by atoms with van der Waals surface area (Å²) in [5.74, 6) is -0.325. The minimum absolute atomic E-state index is 0.134. The Hall–Kier alpha value is -1.57. The Balaban J connectivity index is 2.00. The van der Waals surface area contributed by atoms with Gasteiger partial charge in [-0.3, -0.25) is 4.98 Å². The summed E-state index contributed by atoms with van der Waals surface area (Å²) in [5.41, 5.74) is 1.19. The van der Waals surface area contributed by atoms with E-state index in [4.69, 9.17) is 16.3 Å². The second-order valence-corrected chi connectivity index (χ2v) is 5.21. The van der Waals surface area contributed by atoms with Crippen molar-refractivity contribution >= 4 is 22.5 Å². The number of benzene rings is 1. The molecular formula is C14H12ClF3N2O2. The monoisotopic (exact) mass is 332 g/mol. The third kappa shape index (κ3) is 3.26. The fourth-order valence-electron chi connectivity index (χ4n) is 2.36. The fourth-order valence-corrected chi connectivity index (χ4v) is 2.69. The number of fused-ring (bicyclic) bond motifs is 1. The highest BCUT2D eigenvalue weighted by atomic mass is 35.5. The number of hydrogen-bond donors (Lipinski definition) is 1. The van der Waals surface area contributed by atoms with Crippen molar-refractivity contribution < 1.29 is 22.6 Å². The van der Waals surface area contributed by atoms with Gasteiger partial charge in [0.05, 0.1) is 29.8 Å². The van der Waals surface area contributed by atoms with Crippen LogP contribution in [-0.2, 0) is 4.74 Å². The number of alkyl halides is 3. The van der Waals surface area contributed by atoms with E-state index in [0.717, 1.165) is 0 Å². The molecule has 1 fully saturated rings. The van der Waals surface area contributed by atoms with Gasteiger partial charge in [0, 0.05) is 23.7 Å². The number of halogens is 4. The van der Waals surface area contributed by atoms with Gasteiger partial charge in [-0.2, -0.15) is 0 Å². The van der Waals surface area contributed by atoms with E-state index in [2.05, 4.69) is 15.0 Å². The molecule has 1 N–H and O–H groups in total. The molecule has 1 aromatic carbocycles. The lowest BCUT2D eigenvalue weighted by Crippen LogP contribution is -2.34. The molecule has 0 bridgehead atoms. The number of rotatable bonds is 2.